The molecule has 0 aromatic carbocycles. The van der Waals surface area contributed by atoms with Gasteiger partial charge in [-0.3, -0.25) is 0 Å². The van der Waals surface area contributed by atoms with E-state index in [-0.39, 0.29) is 18.0 Å². The zero-order valence-corrected chi connectivity index (χ0v) is 12.6. The third-order valence-electron chi connectivity index (χ3n) is 3.87. The number of anilines is 1. The van der Waals surface area contributed by atoms with Gasteiger partial charge in [0.1, 0.15) is 23.5 Å². The molecule has 0 radical (unpaired) electrons. The average molecular weight is 324 g/mol. The molecule has 1 saturated heterocycles. The van der Waals surface area contributed by atoms with Gasteiger partial charge in [-0.1, -0.05) is 6.42 Å². The van der Waals surface area contributed by atoms with Crippen LogP contribution in [-0.4, -0.2) is 52.0 Å². The maximum absolute atomic E-state index is 12.0. The summed E-state index contributed by atoms with van der Waals surface area (Å²) in [5.74, 6) is -0.417. The molecular formula is C13H16N4O4S. The van der Waals surface area contributed by atoms with Crippen molar-refractivity contribution in [2.75, 3.05) is 17.6 Å². The molecular weight excluding hydrogens is 308 g/mol. The molecule has 3 rings (SSSR count). The summed E-state index contributed by atoms with van der Waals surface area (Å²) in [6, 6.07) is 1.44. The van der Waals surface area contributed by atoms with Crippen molar-refractivity contribution in [1.82, 2.24) is 15.0 Å². The van der Waals surface area contributed by atoms with Crippen LogP contribution in [0, 0.1) is 0 Å². The van der Waals surface area contributed by atoms with Crippen LogP contribution in [0.5, 0.6) is 0 Å². The van der Waals surface area contributed by atoms with E-state index in [9.17, 15) is 13.2 Å². The van der Waals surface area contributed by atoms with Gasteiger partial charge in [0, 0.05) is 6.54 Å². The number of nitrogens with one attached hydrogen (secondary N) is 2. The molecule has 118 valence electrons. The highest BCUT2D eigenvalue weighted by Gasteiger charge is 2.28. The lowest BCUT2D eigenvalue weighted by molar-refractivity contribution is 0.0691. The number of hydrogen-bond donors (Lipinski definition) is 3. The van der Waals surface area contributed by atoms with Crippen LogP contribution in [0.1, 0.15) is 29.8 Å². The minimum Gasteiger partial charge on any atom is -0.477 e. The molecule has 1 unspecified atom stereocenters. The van der Waals surface area contributed by atoms with E-state index in [4.69, 9.17) is 5.11 Å². The third-order valence-corrected chi connectivity index (χ3v) is 6.14. The van der Waals surface area contributed by atoms with E-state index >= 15 is 0 Å². The fourth-order valence-electron chi connectivity index (χ4n) is 2.66. The Kier molecular flexibility index (Phi) is 3.73. The first-order chi connectivity index (χ1) is 10.5. The van der Waals surface area contributed by atoms with Gasteiger partial charge in [0.2, 0.25) is 0 Å². The molecule has 0 amide bonds. The molecule has 9 heteroatoms. The minimum atomic E-state index is -3.06. The number of sulfone groups is 1. The fourth-order valence-corrected chi connectivity index (χ4v) is 4.46. The number of carboxylic acids is 1. The Morgan fingerprint density at radius 1 is 1.41 bits per heavy atom. The largest absolute Gasteiger partial charge is 0.477 e. The van der Waals surface area contributed by atoms with Crippen molar-refractivity contribution in [2.45, 2.75) is 24.5 Å². The molecule has 3 heterocycles. The zero-order chi connectivity index (χ0) is 15.7. The number of rotatable bonds is 4. The number of fused-ring (bicyclic) bond motifs is 1. The van der Waals surface area contributed by atoms with E-state index in [1.807, 2.05) is 0 Å². The summed E-state index contributed by atoms with van der Waals surface area (Å²) in [5, 5.41) is 12.1. The number of H-pyrrole nitrogens is 1. The van der Waals surface area contributed by atoms with Crippen LogP contribution in [0.3, 0.4) is 0 Å². The Hall–Kier alpha value is -2.16. The van der Waals surface area contributed by atoms with Crippen molar-refractivity contribution in [3.8, 4) is 0 Å². The number of hydrogen-bond acceptors (Lipinski definition) is 6. The van der Waals surface area contributed by atoms with Crippen molar-refractivity contribution < 1.29 is 18.3 Å². The predicted molar refractivity (Wildman–Crippen MR) is 80.8 cm³/mol. The minimum absolute atomic E-state index is 0.0174. The van der Waals surface area contributed by atoms with Crippen molar-refractivity contribution in [2.24, 2.45) is 0 Å². The molecule has 1 aliphatic rings. The number of carbonyl (C=O) groups is 1. The molecule has 1 fully saturated rings. The zero-order valence-electron chi connectivity index (χ0n) is 11.7. The predicted octanol–water partition coefficient (Wildman–Crippen LogP) is 1.04. The highest BCUT2D eigenvalue weighted by molar-refractivity contribution is 7.92. The monoisotopic (exact) mass is 324 g/mol. The second kappa shape index (κ2) is 5.56. The van der Waals surface area contributed by atoms with Gasteiger partial charge >= 0.3 is 5.97 Å². The van der Waals surface area contributed by atoms with Crippen LogP contribution in [0.4, 0.5) is 5.82 Å². The van der Waals surface area contributed by atoms with Crippen LogP contribution in [-0.2, 0) is 9.84 Å². The van der Waals surface area contributed by atoms with E-state index in [2.05, 4.69) is 20.3 Å². The fraction of sp³-hybridized carbons (Fsp3) is 0.462. The molecule has 1 atom stereocenters. The lowest BCUT2D eigenvalue weighted by Gasteiger charge is -2.22. The van der Waals surface area contributed by atoms with Crippen molar-refractivity contribution in [1.29, 1.82) is 0 Å². The number of nitrogens with zero attached hydrogens (tertiary/aromatic N) is 2. The molecule has 1 aliphatic heterocycles. The number of aromatic carboxylic acids is 1. The lowest BCUT2D eigenvalue weighted by atomic mass is 10.2. The molecule has 0 bridgehead atoms. The third kappa shape index (κ3) is 2.76. The van der Waals surface area contributed by atoms with E-state index in [0.29, 0.717) is 23.3 Å². The van der Waals surface area contributed by atoms with Gasteiger partial charge < -0.3 is 15.4 Å². The highest BCUT2D eigenvalue weighted by Crippen LogP contribution is 2.23. The van der Waals surface area contributed by atoms with Crippen molar-refractivity contribution >= 4 is 32.7 Å². The number of aromatic amines is 1. The van der Waals surface area contributed by atoms with Gasteiger partial charge in [-0.2, -0.15) is 0 Å². The van der Waals surface area contributed by atoms with Crippen LogP contribution in [0.25, 0.3) is 11.0 Å². The van der Waals surface area contributed by atoms with E-state index in [0.717, 1.165) is 12.8 Å². The Balaban J connectivity index is 1.83. The maximum atomic E-state index is 12.0. The summed E-state index contributed by atoms with van der Waals surface area (Å²) in [4.78, 5) is 21.7. The van der Waals surface area contributed by atoms with Gasteiger partial charge in [-0.15, -0.1) is 0 Å². The average Bonchev–Trinajstić information content (AvgIpc) is 2.90. The van der Waals surface area contributed by atoms with Crippen LogP contribution < -0.4 is 5.32 Å². The van der Waals surface area contributed by atoms with E-state index in [1.54, 1.807) is 0 Å². The van der Waals surface area contributed by atoms with Gasteiger partial charge in [0.25, 0.3) is 0 Å². The molecule has 2 aromatic heterocycles. The molecule has 0 aliphatic carbocycles. The first-order valence-electron chi connectivity index (χ1n) is 7.00. The number of carboxylic acid groups (broad SMARTS) is 1. The Morgan fingerprint density at radius 3 is 2.95 bits per heavy atom. The van der Waals surface area contributed by atoms with Crippen LogP contribution in [0.2, 0.25) is 0 Å². The summed E-state index contributed by atoms with van der Waals surface area (Å²) >= 11 is 0. The van der Waals surface area contributed by atoms with E-state index < -0.39 is 21.1 Å². The van der Waals surface area contributed by atoms with Gasteiger partial charge in [0.15, 0.2) is 9.84 Å². The Labute approximate surface area is 126 Å². The summed E-state index contributed by atoms with van der Waals surface area (Å²) < 4.78 is 24.0. The van der Waals surface area contributed by atoms with Crippen molar-refractivity contribution in [3.05, 3.63) is 18.1 Å². The standard InChI is InChI=1S/C13H16N4O4S/c18-13(19)10-5-9-11(15-7-16-12(9)17-10)14-6-8-3-1-2-4-22(8,20)21/h5,7-8H,1-4,6H2,(H,18,19)(H2,14,15,16,17). The quantitative estimate of drug-likeness (QED) is 0.767. The van der Waals surface area contributed by atoms with Gasteiger partial charge in [0.05, 0.1) is 16.4 Å². The number of aromatic nitrogens is 3. The summed E-state index contributed by atoms with van der Waals surface area (Å²) in [5.41, 5.74) is 0.422. The molecule has 0 saturated carbocycles. The molecule has 2 aromatic rings. The van der Waals surface area contributed by atoms with Gasteiger partial charge in [-0.05, 0) is 18.9 Å². The SMILES string of the molecule is O=C(O)c1cc2c(NCC3CCCCS3(=O)=O)ncnc2[nH]1. The van der Waals surface area contributed by atoms with Gasteiger partial charge in [-0.25, -0.2) is 23.2 Å². The lowest BCUT2D eigenvalue weighted by Crippen LogP contribution is -2.34. The first kappa shape index (κ1) is 14.8. The maximum Gasteiger partial charge on any atom is 0.352 e. The van der Waals surface area contributed by atoms with E-state index in [1.165, 1.54) is 12.4 Å². The second-order valence-electron chi connectivity index (χ2n) is 5.34. The summed E-state index contributed by atoms with van der Waals surface area (Å²) in [6.07, 6.45) is 3.56. The topological polar surface area (TPSA) is 125 Å². The summed E-state index contributed by atoms with van der Waals surface area (Å²) in [6.45, 7) is 0.266. The second-order valence-corrected chi connectivity index (χ2v) is 7.74. The Morgan fingerprint density at radius 2 is 2.23 bits per heavy atom. The molecule has 8 nitrogen and oxygen atoms in total. The molecule has 0 spiro atoms. The van der Waals surface area contributed by atoms with Crippen LogP contribution >= 0.6 is 0 Å². The smallest absolute Gasteiger partial charge is 0.352 e. The highest BCUT2D eigenvalue weighted by atomic mass is 32.2. The molecule has 3 N–H and O–H groups in total. The normalized spacial score (nSPS) is 20.8. The summed E-state index contributed by atoms with van der Waals surface area (Å²) in [7, 11) is -3.06. The first-order valence-corrected chi connectivity index (χ1v) is 8.71. The molecule has 22 heavy (non-hydrogen) atoms. The Bertz CT molecular complexity index is 815. The van der Waals surface area contributed by atoms with Crippen molar-refractivity contribution in [3.63, 3.8) is 0 Å². The van der Waals surface area contributed by atoms with Crippen LogP contribution in [0.15, 0.2) is 12.4 Å².